The number of nitrogens with zero attached hydrogens (tertiary/aromatic N) is 3. The normalized spacial score (nSPS) is 10.4. The van der Waals surface area contributed by atoms with E-state index in [9.17, 15) is 5.26 Å². The molecule has 3 nitrogen and oxygen atoms in total. The van der Waals surface area contributed by atoms with Crippen LogP contribution < -0.4 is 0 Å². The van der Waals surface area contributed by atoms with Crippen LogP contribution in [0.25, 0.3) is 16.7 Å². The summed E-state index contributed by atoms with van der Waals surface area (Å²) in [7, 11) is 0. The predicted molar refractivity (Wildman–Crippen MR) is 70.8 cm³/mol. The molecule has 0 N–H and O–H groups in total. The van der Waals surface area contributed by atoms with Crippen LogP contribution in [0.4, 0.5) is 0 Å². The van der Waals surface area contributed by atoms with E-state index in [-0.39, 0.29) is 0 Å². The Bertz CT molecular complexity index is 768. The molecule has 0 aliphatic carbocycles. The topological polar surface area (TPSA) is 41.6 Å². The molecule has 0 fully saturated rings. The lowest BCUT2D eigenvalue weighted by atomic mass is 10.2. The fraction of sp³-hybridized carbons (Fsp3) is 0. The third kappa shape index (κ3) is 1.64. The fourth-order valence-electron chi connectivity index (χ4n) is 1.96. The van der Waals surface area contributed by atoms with E-state index in [4.69, 9.17) is 11.6 Å². The first kappa shape index (κ1) is 10.8. The van der Waals surface area contributed by atoms with Crippen molar-refractivity contribution < 1.29 is 0 Å². The summed E-state index contributed by atoms with van der Waals surface area (Å²) < 4.78 is 1.89. The minimum atomic E-state index is 0.533. The maximum atomic E-state index is 9.17. The van der Waals surface area contributed by atoms with Gasteiger partial charge in [-0.1, -0.05) is 23.7 Å². The summed E-state index contributed by atoms with van der Waals surface area (Å²) in [6.45, 7) is 0. The first-order valence-corrected chi connectivity index (χ1v) is 5.79. The van der Waals surface area contributed by atoms with Crippen molar-refractivity contribution in [3.05, 3.63) is 59.4 Å². The number of para-hydroxylation sites is 2. The van der Waals surface area contributed by atoms with Gasteiger partial charge in [-0.15, -0.1) is 0 Å². The Kier molecular flexibility index (Phi) is 2.51. The summed E-state index contributed by atoms with van der Waals surface area (Å²) in [5, 5.41) is 9.73. The van der Waals surface area contributed by atoms with E-state index in [0.717, 1.165) is 16.7 Å². The Morgan fingerprint density at radius 3 is 2.83 bits per heavy atom. The van der Waals surface area contributed by atoms with Crippen LogP contribution in [-0.4, -0.2) is 9.55 Å². The van der Waals surface area contributed by atoms with Gasteiger partial charge >= 0.3 is 0 Å². The minimum Gasteiger partial charge on any atom is -0.298 e. The molecule has 86 valence electrons. The standard InChI is InChI=1S/C14H8ClN3/c15-11-5-6-13(10(7-11)8-16)18-9-17-12-3-1-2-4-14(12)18/h1-7,9H. The lowest BCUT2D eigenvalue weighted by Gasteiger charge is -2.06. The van der Waals surface area contributed by atoms with Gasteiger partial charge in [0.25, 0.3) is 0 Å². The number of benzene rings is 2. The summed E-state index contributed by atoms with van der Waals surface area (Å²) in [5.74, 6) is 0. The Balaban J connectivity index is 2.30. The van der Waals surface area contributed by atoms with Crippen LogP contribution in [-0.2, 0) is 0 Å². The molecule has 1 aromatic heterocycles. The molecule has 0 spiro atoms. The zero-order chi connectivity index (χ0) is 12.5. The maximum Gasteiger partial charge on any atom is 0.101 e. The SMILES string of the molecule is N#Cc1cc(Cl)ccc1-n1cnc2ccccc21. The molecular weight excluding hydrogens is 246 g/mol. The van der Waals surface area contributed by atoms with E-state index in [2.05, 4.69) is 11.1 Å². The van der Waals surface area contributed by atoms with Crippen molar-refractivity contribution in [2.45, 2.75) is 0 Å². The largest absolute Gasteiger partial charge is 0.298 e. The van der Waals surface area contributed by atoms with Crippen molar-refractivity contribution in [2.75, 3.05) is 0 Å². The number of imidazole rings is 1. The molecule has 18 heavy (non-hydrogen) atoms. The van der Waals surface area contributed by atoms with Crippen LogP contribution in [0.3, 0.4) is 0 Å². The third-order valence-corrected chi connectivity index (χ3v) is 3.03. The molecular formula is C14H8ClN3. The summed E-state index contributed by atoms with van der Waals surface area (Å²) in [5.41, 5.74) is 3.19. The monoisotopic (exact) mass is 253 g/mol. The van der Waals surface area contributed by atoms with Gasteiger partial charge in [0.15, 0.2) is 0 Å². The number of halogens is 1. The molecule has 0 amide bonds. The van der Waals surface area contributed by atoms with Gasteiger partial charge in [0.1, 0.15) is 12.4 Å². The molecule has 0 unspecified atom stereocenters. The average molecular weight is 254 g/mol. The Morgan fingerprint density at radius 2 is 2.00 bits per heavy atom. The predicted octanol–water partition coefficient (Wildman–Crippen LogP) is 3.55. The van der Waals surface area contributed by atoms with Crippen molar-refractivity contribution >= 4 is 22.6 Å². The Labute approximate surface area is 109 Å². The highest BCUT2D eigenvalue weighted by Crippen LogP contribution is 2.23. The van der Waals surface area contributed by atoms with Crippen molar-refractivity contribution in [1.82, 2.24) is 9.55 Å². The van der Waals surface area contributed by atoms with E-state index >= 15 is 0 Å². The Hall–Kier alpha value is -2.31. The lowest BCUT2D eigenvalue weighted by Crippen LogP contribution is -1.95. The second-order valence-electron chi connectivity index (χ2n) is 3.88. The molecule has 0 saturated heterocycles. The summed E-state index contributed by atoms with van der Waals surface area (Å²) in [6, 6.07) is 15.2. The van der Waals surface area contributed by atoms with Crippen LogP contribution in [0, 0.1) is 11.3 Å². The van der Waals surface area contributed by atoms with Gasteiger partial charge in [-0.05, 0) is 30.3 Å². The summed E-state index contributed by atoms with van der Waals surface area (Å²) >= 11 is 5.90. The molecule has 0 aliphatic rings. The first-order chi connectivity index (χ1) is 8.79. The average Bonchev–Trinajstić information content (AvgIpc) is 2.82. The van der Waals surface area contributed by atoms with Gasteiger partial charge in [-0.2, -0.15) is 5.26 Å². The lowest BCUT2D eigenvalue weighted by molar-refractivity contribution is 1.08. The van der Waals surface area contributed by atoms with Crippen molar-refractivity contribution in [3.8, 4) is 11.8 Å². The first-order valence-electron chi connectivity index (χ1n) is 5.42. The van der Waals surface area contributed by atoms with E-state index in [1.54, 1.807) is 18.5 Å². The van der Waals surface area contributed by atoms with Gasteiger partial charge in [0, 0.05) is 5.02 Å². The maximum absolute atomic E-state index is 9.17. The second-order valence-corrected chi connectivity index (χ2v) is 4.31. The third-order valence-electron chi connectivity index (χ3n) is 2.79. The number of fused-ring (bicyclic) bond motifs is 1. The zero-order valence-corrected chi connectivity index (χ0v) is 10.1. The van der Waals surface area contributed by atoms with Crippen molar-refractivity contribution in [2.24, 2.45) is 0 Å². The van der Waals surface area contributed by atoms with Crippen LogP contribution in [0.15, 0.2) is 48.8 Å². The van der Waals surface area contributed by atoms with Crippen LogP contribution >= 0.6 is 11.6 Å². The van der Waals surface area contributed by atoms with E-state index in [1.165, 1.54) is 0 Å². The molecule has 3 aromatic rings. The number of aromatic nitrogens is 2. The molecule has 1 heterocycles. The molecule has 0 radical (unpaired) electrons. The molecule has 0 aliphatic heterocycles. The minimum absolute atomic E-state index is 0.533. The number of hydrogen-bond acceptors (Lipinski definition) is 2. The highest BCUT2D eigenvalue weighted by Gasteiger charge is 2.08. The molecule has 3 rings (SSSR count). The summed E-state index contributed by atoms with van der Waals surface area (Å²) in [4.78, 5) is 4.31. The van der Waals surface area contributed by atoms with Gasteiger partial charge in [0.2, 0.25) is 0 Å². The molecule has 4 heteroatoms. The fourth-order valence-corrected chi connectivity index (χ4v) is 2.13. The highest BCUT2D eigenvalue weighted by molar-refractivity contribution is 6.30. The number of hydrogen-bond donors (Lipinski definition) is 0. The van der Waals surface area contributed by atoms with Gasteiger partial charge in [-0.25, -0.2) is 4.98 Å². The zero-order valence-electron chi connectivity index (χ0n) is 9.34. The van der Waals surface area contributed by atoms with E-state index in [1.807, 2.05) is 34.9 Å². The molecule has 0 atom stereocenters. The van der Waals surface area contributed by atoms with Crippen LogP contribution in [0.5, 0.6) is 0 Å². The molecule has 2 aromatic carbocycles. The molecule has 0 saturated carbocycles. The van der Waals surface area contributed by atoms with Crippen LogP contribution in [0.1, 0.15) is 5.56 Å². The highest BCUT2D eigenvalue weighted by atomic mass is 35.5. The van der Waals surface area contributed by atoms with Crippen molar-refractivity contribution in [3.63, 3.8) is 0 Å². The quantitative estimate of drug-likeness (QED) is 0.665. The van der Waals surface area contributed by atoms with Gasteiger partial charge in [0.05, 0.1) is 22.3 Å². The van der Waals surface area contributed by atoms with Gasteiger partial charge < -0.3 is 0 Å². The van der Waals surface area contributed by atoms with E-state index < -0.39 is 0 Å². The van der Waals surface area contributed by atoms with Crippen molar-refractivity contribution in [1.29, 1.82) is 5.26 Å². The van der Waals surface area contributed by atoms with Gasteiger partial charge in [-0.3, -0.25) is 4.57 Å². The van der Waals surface area contributed by atoms with Crippen LogP contribution in [0.2, 0.25) is 5.02 Å². The number of nitriles is 1. The van der Waals surface area contributed by atoms with E-state index in [0.29, 0.717) is 10.6 Å². The summed E-state index contributed by atoms with van der Waals surface area (Å²) in [6.07, 6.45) is 1.72. The number of rotatable bonds is 1. The smallest absolute Gasteiger partial charge is 0.101 e. The Morgan fingerprint density at radius 1 is 1.17 bits per heavy atom. The second kappa shape index (κ2) is 4.17. The molecule has 0 bridgehead atoms.